The Labute approximate surface area is 135 Å². The molecule has 1 aromatic carbocycles. The van der Waals surface area contributed by atoms with Crippen molar-refractivity contribution in [3.63, 3.8) is 0 Å². The number of aromatic amines is 1. The molecule has 0 spiro atoms. The van der Waals surface area contributed by atoms with Crippen molar-refractivity contribution >= 4 is 26.8 Å². The molecule has 1 atom stereocenters. The van der Waals surface area contributed by atoms with Gasteiger partial charge in [-0.1, -0.05) is 18.2 Å². The van der Waals surface area contributed by atoms with Crippen LogP contribution in [0.2, 0.25) is 0 Å². The van der Waals surface area contributed by atoms with Crippen LogP contribution in [0.3, 0.4) is 0 Å². The van der Waals surface area contributed by atoms with Crippen LogP contribution in [0.25, 0.3) is 10.9 Å². The third kappa shape index (κ3) is 3.67. The Bertz CT molecular complexity index is 828. The molecule has 7 heteroatoms. The zero-order chi connectivity index (χ0) is 16.5. The van der Waals surface area contributed by atoms with Crippen molar-refractivity contribution in [1.82, 2.24) is 15.6 Å². The molecule has 1 fully saturated rings. The van der Waals surface area contributed by atoms with Gasteiger partial charge in [0.15, 0.2) is 9.84 Å². The number of sulfone groups is 1. The number of hydrogen-bond donors (Lipinski definition) is 3. The van der Waals surface area contributed by atoms with E-state index in [0.717, 1.165) is 16.5 Å². The van der Waals surface area contributed by atoms with Gasteiger partial charge in [-0.05, 0) is 31.4 Å². The third-order valence-electron chi connectivity index (χ3n) is 4.27. The number of carbonyl (C=O) groups is 1. The molecule has 3 N–H and O–H groups in total. The zero-order valence-corrected chi connectivity index (χ0v) is 13.9. The molecule has 2 heterocycles. The lowest BCUT2D eigenvalue weighted by atomic mass is 10.0. The van der Waals surface area contributed by atoms with Gasteiger partial charge in [0.1, 0.15) is 0 Å². The molecule has 1 aliphatic rings. The predicted octanol–water partition coefficient (Wildman–Crippen LogP) is 1.59. The molecule has 0 radical (unpaired) electrons. The van der Waals surface area contributed by atoms with Gasteiger partial charge in [-0.15, -0.1) is 0 Å². The maximum atomic E-state index is 12.0. The Hall–Kier alpha value is -2.02. The number of urea groups is 1. The van der Waals surface area contributed by atoms with E-state index in [1.807, 2.05) is 30.5 Å². The fourth-order valence-corrected chi connectivity index (χ4v) is 5.17. The van der Waals surface area contributed by atoms with Crippen LogP contribution in [0.15, 0.2) is 30.5 Å². The van der Waals surface area contributed by atoms with Gasteiger partial charge in [-0.25, -0.2) is 13.2 Å². The zero-order valence-electron chi connectivity index (χ0n) is 13.1. The summed E-state index contributed by atoms with van der Waals surface area (Å²) < 4.78 is 23.1. The Kier molecular flexibility index (Phi) is 4.06. The van der Waals surface area contributed by atoms with Crippen LogP contribution < -0.4 is 10.6 Å². The van der Waals surface area contributed by atoms with Gasteiger partial charge in [0.25, 0.3) is 0 Å². The summed E-state index contributed by atoms with van der Waals surface area (Å²) in [6.07, 6.45) is 3.13. The van der Waals surface area contributed by atoms with Gasteiger partial charge in [0.2, 0.25) is 0 Å². The molecule has 2 aromatic rings. The van der Waals surface area contributed by atoms with Crippen molar-refractivity contribution in [2.45, 2.75) is 25.3 Å². The van der Waals surface area contributed by atoms with Gasteiger partial charge >= 0.3 is 6.03 Å². The highest BCUT2D eigenvalue weighted by molar-refractivity contribution is 7.91. The number of rotatable bonds is 4. The molecule has 124 valence electrons. The van der Waals surface area contributed by atoms with Crippen LogP contribution in [0.4, 0.5) is 4.79 Å². The number of amides is 2. The largest absolute Gasteiger partial charge is 0.361 e. The summed E-state index contributed by atoms with van der Waals surface area (Å²) in [6, 6.07) is 7.71. The van der Waals surface area contributed by atoms with E-state index in [9.17, 15) is 13.2 Å². The first-order valence-corrected chi connectivity index (χ1v) is 9.51. The van der Waals surface area contributed by atoms with Crippen molar-refractivity contribution in [3.8, 4) is 0 Å². The first-order chi connectivity index (χ1) is 10.9. The van der Waals surface area contributed by atoms with Gasteiger partial charge in [0.05, 0.1) is 17.0 Å². The fraction of sp³-hybridized carbons (Fsp3) is 0.438. The number of para-hydroxylation sites is 1. The average molecular weight is 335 g/mol. The number of H-pyrrole nitrogens is 1. The van der Waals surface area contributed by atoms with E-state index in [1.54, 1.807) is 6.92 Å². The summed E-state index contributed by atoms with van der Waals surface area (Å²) in [4.78, 5) is 15.2. The summed E-state index contributed by atoms with van der Waals surface area (Å²) in [7, 11) is -3.03. The highest BCUT2D eigenvalue weighted by Crippen LogP contribution is 2.22. The number of hydrogen-bond acceptors (Lipinski definition) is 3. The lowest BCUT2D eigenvalue weighted by molar-refractivity contribution is 0.230. The van der Waals surface area contributed by atoms with Gasteiger partial charge in [-0.3, -0.25) is 0 Å². The minimum absolute atomic E-state index is 0.00979. The Morgan fingerprint density at radius 2 is 2.13 bits per heavy atom. The minimum Gasteiger partial charge on any atom is -0.361 e. The van der Waals surface area contributed by atoms with E-state index in [0.29, 0.717) is 19.4 Å². The van der Waals surface area contributed by atoms with Gasteiger partial charge in [-0.2, -0.15) is 0 Å². The van der Waals surface area contributed by atoms with Crippen molar-refractivity contribution in [1.29, 1.82) is 0 Å². The molecule has 0 saturated carbocycles. The van der Waals surface area contributed by atoms with Crippen LogP contribution in [0.1, 0.15) is 18.9 Å². The SMILES string of the molecule is C[C@]1(NC(=O)NCCc2c[nH]c3ccccc23)CCS(=O)(=O)C1. The summed E-state index contributed by atoms with van der Waals surface area (Å²) >= 11 is 0. The van der Waals surface area contributed by atoms with Gasteiger partial charge < -0.3 is 15.6 Å². The first kappa shape index (κ1) is 15.9. The molecule has 6 nitrogen and oxygen atoms in total. The van der Waals surface area contributed by atoms with Gasteiger partial charge in [0, 0.05) is 23.6 Å². The predicted molar refractivity (Wildman–Crippen MR) is 90.2 cm³/mol. The molecule has 1 aliphatic heterocycles. The Morgan fingerprint density at radius 3 is 2.87 bits per heavy atom. The molecule has 1 saturated heterocycles. The van der Waals surface area contributed by atoms with Crippen LogP contribution in [0, 0.1) is 0 Å². The minimum atomic E-state index is -3.03. The lowest BCUT2D eigenvalue weighted by Gasteiger charge is -2.23. The second-order valence-corrected chi connectivity index (χ2v) is 8.58. The van der Waals surface area contributed by atoms with Crippen molar-refractivity contribution in [2.24, 2.45) is 0 Å². The summed E-state index contributed by atoms with van der Waals surface area (Å²) in [6.45, 7) is 2.27. The normalized spacial score (nSPS) is 23.0. The number of carbonyl (C=O) groups excluding carboxylic acids is 1. The van der Waals surface area contributed by atoms with Crippen LogP contribution >= 0.6 is 0 Å². The van der Waals surface area contributed by atoms with Crippen LogP contribution in [0.5, 0.6) is 0 Å². The molecule has 3 rings (SSSR count). The molecule has 23 heavy (non-hydrogen) atoms. The highest BCUT2D eigenvalue weighted by Gasteiger charge is 2.39. The second kappa shape index (κ2) is 5.88. The maximum Gasteiger partial charge on any atom is 0.315 e. The molecular formula is C16H21N3O3S. The van der Waals surface area contributed by atoms with E-state index in [2.05, 4.69) is 15.6 Å². The molecule has 2 amide bonds. The van der Waals surface area contributed by atoms with Crippen LogP contribution in [-0.2, 0) is 16.3 Å². The van der Waals surface area contributed by atoms with Crippen molar-refractivity contribution in [3.05, 3.63) is 36.0 Å². The molecule has 0 aliphatic carbocycles. The van der Waals surface area contributed by atoms with Crippen molar-refractivity contribution < 1.29 is 13.2 Å². The summed E-state index contributed by atoms with van der Waals surface area (Å²) in [5, 5.41) is 6.75. The van der Waals surface area contributed by atoms with E-state index < -0.39 is 15.4 Å². The number of benzene rings is 1. The quantitative estimate of drug-likeness (QED) is 0.792. The van der Waals surface area contributed by atoms with E-state index in [-0.39, 0.29) is 17.5 Å². The number of aromatic nitrogens is 1. The standard InChI is InChI=1S/C16H21N3O3S/c1-16(7-9-23(21,22)11-16)19-15(20)17-8-6-12-10-18-14-5-3-2-4-13(12)14/h2-5,10,18H,6-9,11H2,1H3,(H2,17,19,20)/t16-/m0/s1. The monoisotopic (exact) mass is 335 g/mol. The molecular weight excluding hydrogens is 314 g/mol. The molecule has 0 unspecified atom stereocenters. The maximum absolute atomic E-state index is 12.0. The molecule has 0 bridgehead atoms. The average Bonchev–Trinajstić information content (AvgIpc) is 3.00. The smallest absolute Gasteiger partial charge is 0.315 e. The molecule has 1 aromatic heterocycles. The number of nitrogens with one attached hydrogen (secondary N) is 3. The summed E-state index contributed by atoms with van der Waals surface area (Å²) in [5.41, 5.74) is 1.56. The number of fused-ring (bicyclic) bond motifs is 1. The first-order valence-electron chi connectivity index (χ1n) is 7.68. The Morgan fingerprint density at radius 1 is 1.35 bits per heavy atom. The lowest BCUT2D eigenvalue weighted by Crippen LogP contribution is -2.51. The summed E-state index contributed by atoms with van der Waals surface area (Å²) in [5.74, 6) is 0.148. The second-order valence-electron chi connectivity index (χ2n) is 6.39. The van der Waals surface area contributed by atoms with Crippen LogP contribution in [-0.4, -0.2) is 43.0 Å². The van der Waals surface area contributed by atoms with E-state index >= 15 is 0 Å². The van der Waals surface area contributed by atoms with E-state index in [1.165, 1.54) is 0 Å². The third-order valence-corrected chi connectivity index (χ3v) is 6.18. The highest BCUT2D eigenvalue weighted by atomic mass is 32.2. The van der Waals surface area contributed by atoms with Crippen molar-refractivity contribution in [2.75, 3.05) is 18.1 Å². The Balaban J connectivity index is 1.52. The van der Waals surface area contributed by atoms with E-state index in [4.69, 9.17) is 0 Å². The fourth-order valence-electron chi connectivity index (χ4n) is 3.08. The topological polar surface area (TPSA) is 91.1 Å².